The second-order valence-electron chi connectivity index (χ2n) is 5.30. The summed E-state index contributed by atoms with van der Waals surface area (Å²) in [5, 5.41) is 3.36. The largest absolute Gasteiger partial charge is 0.315 e. The zero-order valence-corrected chi connectivity index (χ0v) is 12.1. The summed E-state index contributed by atoms with van der Waals surface area (Å²) in [6.07, 6.45) is 1.12. The molecule has 0 aromatic heterocycles. The molecule has 1 saturated heterocycles. The summed E-state index contributed by atoms with van der Waals surface area (Å²) < 4.78 is 13.1. The van der Waals surface area contributed by atoms with Crippen molar-refractivity contribution in [3.05, 3.63) is 66.0 Å². The molecule has 2 aromatic rings. The van der Waals surface area contributed by atoms with Gasteiger partial charge in [0.25, 0.3) is 0 Å². The molecule has 0 amide bonds. The van der Waals surface area contributed by atoms with Crippen LogP contribution in [0, 0.1) is 5.82 Å². The fourth-order valence-corrected chi connectivity index (χ4v) is 3.71. The topological polar surface area (TPSA) is 12.0 Å². The van der Waals surface area contributed by atoms with Gasteiger partial charge in [-0.2, -0.15) is 0 Å². The van der Waals surface area contributed by atoms with E-state index in [0.717, 1.165) is 25.3 Å². The molecule has 0 aliphatic carbocycles. The lowest BCUT2D eigenvalue weighted by Gasteiger charge is -2.43. The fraction of sp³-hybridized carbons (Fsp3) is 0.294. The molecule has 1 fully saturated rings. The molecule has 1 heterocycles. The van der Waals surface area contributed by atoms with Gasteiger partial charge in [-0.25, -0.2) is 4.39 Å². The summed E-state index contributed by atoms with van der Waals surface area (Å²) in [5.41, 5.74) is 1.45. The SMILES string of the molecule is Fc1ccc(C2(CCSc3ccccc3)CNC2)cc1. The standard InChI is InChI=1S/C17H18FNS/c18-15-8-6-14(7-9-15)17(12-19-13-17)10-11-20-16-4-2-1-3-5-16/h1-9,19H,10-13H2. The lowest BCUT2D eigenvalue weighted by atomic mass is 9.73. The van der Waals surface area contributed by atoms with Gasteiger partial charge in [-0.1, -0.05) is 30.3 Å². The van der Waals surface area contributed by atoms with Crippen molar-refractivity contribution < 1.29 is 4.39 Å². The number of halogens is 1. The van der Waals surface area contributed by atoms with E-state index in [9.17, 15) is 4.39 Å². The van der Waals surface area contributed by atoms with Crippen molar-refractivity contribution in [2.75, 3.05) is 18.8 Å². The van der Waals surface area contributed by atoms with E-state index >= 15 is 0 Å². The van der Waals surface area contributed by atoms with Gasteiger partial charge in [0, 0.05) is 23.4 Å². The predicted molar refractivity (Wildman–Crippen MR) is 82.7 cm³/mol. The molecule has 1 aliphatic rings. The van der Waals surface area contributed by atoms with Gasteiger partial charge in [0.2, 0.25) is 0 Å². The van der Waals surface area contributed by atoms with Crippen molar-refractivity contribution in [2.45, 2.75) is 16.7 Å². The highest BCUT2D eigenvalue weighted by atomic mass is 32.2. The maximum absolute atomic E-state index is 13.1. The molecule has 0 radical (unpaired) electrons. The van der Waals surface area contributed by atoms with Gasteiger partial charge in [0.05, 0.1) is 0 Å². The second-order valence-corrected chi connectivity index (χ2v) is 6.47. The zero-order chi connectivity index (χ0) is 13.8. The van der Waals surface area contributed by atoms with Gasteiger partial charge < -0.3 is 5.32 Å². The van der Waals surface area contributed by atoms with Crippen LogP contribution in [0.25, 0.3) is 0 Å². The van der Waals surface area contributed by atoms with Crippen LogP contribution in [0.2, 0.25) is 0 Å². The Labute approximate surface area is 123 Å². The molecule has 104 valence electrons. The van der Waals surface area contributed by atoms with E-state index in [0.29, 0.717) is 0 Å². The lowest BCUT2D eigenvalue weighted by Crippen LogP contribution is -2.57. The molecule has 3 rings (SSSR count). The van der Waals surface area contributed by atoms with Crippen LogP contribution in [-0.4, -0.2) is 18.8 Å². The van der Waals surface area contributed by atoms with Gasteiger partial charge >= 0.3 is 0 Å². The van der Waals surface area contributed by atoms with E-state index in [1.807, 2.05) is 30.0 Å². The third-order valence-corrected chi connectivity index (χ3v) is 4.99. The predicted octanol–water partition coefficient (Wildman–Crippen LogP) is 3.85. The van der Waals surface area contributed by atoms with Crippen molar-refractivity contribution in [1.82, 2.24) is 5.32 Å². The Morgan fingerprint density at radius 1 is 1.00 bits per heavy atom. The first kappa shape index (κ1) is 13.7. The number of hydrogen-bond acceptors (Lipinski definition) is 2. The van der Waals surface area contributed by atoms with Crippen molar-refractivity contribution >= 4 is 11.8 Å². The quantitative estimate of drug-likeness (QED) is 0.838. The Bertz CT molecular complexity index is 549. The van der Waals surface area contributed by atoms with Crippen LogP contribution < -0.4 is 5.32 Å². The minimum Gasteiger partial charge on any atom is -0.315 e. The van der Waals surface area contributed by atoms with Crippen LogP contribution in [0.1, 0.15) is 12.0 Å². The number of rotatable bonds is 5. The summed E-state index contributed by atoms with van der Waals surface area (Å²) >= 11 is 1.89. The first-order chi connectivity index (χ1) is 9.78. The summed E-state index contributed by atoms with van der Waals surface area (Å²) in [7, 11) is 0. The third kappa shape index (κ3) is 2.89. The van der Waals surface area contributed by atoms with Gasteiger partial charge in [-0.15, -0.1) is 11.8 Å². The van der Waals surface area contributed by atoms with Crippen molar-refractivity contribution in [3.8, 4) is 0 Å². The molecule has 0 unspecified atom stereocenters. The van der Waals surface area contributed by atoms with E-state index in [4.69, 9.17) is 0 Å². The van der Waals surface area contributed by atoms with Crippen molar-refractivity contribution in [1.29, 1.82) is 0 Å². The monoisotopic (exact) mass is 287 g/mol. The highest BCUT2D eigenvalue weighted by Crippen LogP contribution is 2.34. The van der Waals surface area contributed by atoms with Gasteiger partial charge in [-0.3, -0.25) is 0 Å². The van der Waals surface area contributed by atoms with Crippen LogP contribution in [0.3, 0.4) is 0 Å². The summed E-state index contributed by atoms with van der Waals surface area (Å²) in [5.74, 6) is 0.929. The molecule has 1 N–H and O–H groups in total. The molecule has 1 nitrogen and oxygen atoms in total. The number of thioether (sulfide) groups is 1. The average molecular weight is 287 g/mol. The van der Waals surface area contributed by atoms with E-state index in [1.165, 1.54) is 10.5 Å². The van der Waals surface area contributed by atoms with Crippen molar-refractivity contribution in [3.63, 3.8) is 0 Å². The van der Waals surface area contributed by atoms with E-state index in [-0.39, 0.29) is 11.2 Å². The van der Waals surface area contributed by atoms with Crippen molar-refractivity contribution in [2.24, 2.45) is 0 Å². The average Bonchev–Trinajstić information content (AvgIpc) is 2.44. The molecule has 20 heavy (non-hydrogen) atoms. The van der Waals surface area contributed by atoms with E-state index < -0.39 is 0 Å². The Kier molecular flexibility index (Phi) is 4.08. The normalized spacial score (nSPS) is 16.6. The zero-order valence-electron chi connectivity index (χ0n) is 11.3. The first-order valence-electron chi connectivity index (χ1n) is 6.93. The van der Waals surface area contributed by atoms with E-state index in [1.54, 1.807) is 12.1 Å². The molecule has 1 aliphatic heterocycles. The molecule has 0 bridgehead atoms. The van der Waals surface area contributed by atoms with Crippen LogP contribution >= 0.6 is 11.8 Å². The second kappa shape index (κ2) is 5.98. The first-order valence-corrected chi connectivity index (χ1v) is 7.92. The summed E-state index contributed by atoms with van der Waals surface area (Å²) in [6, 6.07) is 17.5. The Balaban J connectivity index is 1.63. The smallest absolute Gasteiger partial charge is 0.123 e. The molecule has 2 aromatic carbocycles. The van der Waals surface area contributed by atoms with Gasteiger partial charge in [0.1, 0.15) is 5.82 Å². The molecule has 3 heteroatoms. The summed E-state index contributed by atoms with van der Waals surface area (Å²) in [4.78, 5) is 1.31. The van der Waals surface area contributed by atoms with Gasteiger partial charge in [-0.05, 0) is 42.0 Å². The van der Waals surface area contributed by atoms with Crippen LogP contribution in [-0.2, 0) is 5.41 Å². The van der Waals surface area contributed by atoms with E-state index in [2.05, 4.69) is 29.6 Å². The minimum atomic E-state index is -0.158. The molecule has 0 atom stereocenters. The molecule has 0 spiro atoms. The Hall–Kier alpha value is -1.32. The summed E-state index contributed by atoms with van der Waals surface area (Å²) in [6.45, 7) is 1.99. The third-order valence-electron chi connectivity index (χ3n) is 3.98. The maximum Gasteiger partial charge on any atom is 0.123 e. The molecular formula is C17H18FNS. The maximum atomic E-state index is 13.1. The van der Waals surface area contributed by atoms with Crippen LogP contribution in [0.5, 0.6) is 0 Å². The van der Waals surface area contributed by atoms with Gasteiger partial charge in [0.15, 0.2) is 0 Å². The number of benzene rings is 2. The highest BCUT2D eigenvalue weighted by molar-refractivity contribution is 7.99. The molecular weight excluding hydrogens is 269 g/mol. The lowest BCUT2D eigenvalue weighted by molar-refractivity contribution is 0.269. The van der Waals surface area contributed by atoms with Crippen LogP contribution in [0.15, 0.2) is 59.5 Å². The Morgan fingerprint density at radius 2 is 1.70 bits per heavy atom. The fourth-order valence-electron chi connectivity index (χ4n) is 2.64. The number of nitrogens with one attached hydrogen (secondary N) is 1. The highest BCUT2D eigenvalue weighted by Gasteiger charge is 2.37. The number of hydrogen-bond donors (Lipinski definition) is 1. The Morgan fingerprint density at radius 3 is 2.30 bits per heavy atom. The minimum absolute atomic E-state index is 0.158. The van der Waals surface area contributed by atoms with Crippen LogP contribution in [0.4, 0.5) is 4.39 Å². The molecule has 0 saturated carbocycles.